The number of hydrogen-bond acceptors (Lipinski definition) is 2. The van der Waals surface area contributed by atoms with Crippen LogP contribution in [0.1, 0.15) is 69.0 Å². The van der Waals surface area contributed by atoms with Crippen LogP contribution in [0.5, 0.6) is 0 Å². The molecule has 4 rings (SSSR count). The Morgan fingerprint density at radius 3 is 1.48 bits per heavy atom. The Balaban J connectivity index is 0.00000171. The fraction of sp³-hybridized carbons (Fsp3) is 0.308. The van der Waals surface area contributed by atoms with Crippen LogP contribution in [0.4, 0.5) is 0 Å². The minimum Gasteiger partial charge on any atom is -1.00 e. The van der Waals surface area contributed by atoms with Crippen molar-refractivity contribution in [2.75, 3.05) is 0 Å². The number of hydrogen-bond donors (Lipinski definition) is 0. The van der Waals surface area contributed by atoms with Crippen LogP contribution in [0.25, 0.3) is 12.2 Å². The number of rotatable bonds is 8. The van der Waals surface area contributed by atoms with E-state index in [4.69, 9.17) is 24.4 Å². The zero-order chi connectivity index (χ0) is 20.4. The summed E-state index contributed by atoms with van der Waals surface area (Å²) >= 11 is 10.4. The molecule has 2 aromatic rings. The summed E-state index contributed by atoms with van der Waals surface area (Å²) in [6.45, 7) is 4.36. The molecule has 0 saturated carbocycles. The van der Waals surface area contributed by atoms with Gasteiger partial charge in [-0.1, -0.05) is 0 Å². The Morgan fingerprint density at radius 1 is 0.710 bits per heavy atom. The van der Waals surface area contributed by atoms with Crippen LogP contribution in [0.15, 0.2) is 59.7 Å². The molecular formula is C26H26Cl2S2Zr. The standard InChI is InChI=1S/2C13H13S.2ClH.Zr/c2*1-2-13(14)9-10-7-11-5-3-4-6-12(11)8-10;;;/h2*3-8H,2,9H2,1H3;2*1H;/q;;;;+2/p-2. The summed E-state index contributed by atoms with van der Waals surface area (Å²) in [5.74, 6) is 0. The molecule has 0 bridgehead atoms. The molecule has 0 nitrogen and oxygen atoms in total. The molecule has 5 heteroatoms. The van der Waals surface area contributed by atoms with Gasteiger partial charge >= 0.3 is 198 Å². The average molecular weight is 565 g/mol. The van der Waals surface area contributed by atoms with Crippen molar-refractivity contribution in [3.8, 4) is 0 Å². The zero-order valence-electron chi connectivity index (χ0n) is 17.8. The molecule has 0 saturated heterocycles. The van der Waals surface area contributed by atoms with Crippen LogP contribution in [-0.4, -0.2) is 9.73 Å². The minimum atomic E-state index is -0.865. The van der Waals surface area contributed by atoms with Gasteiger partial charge in [-0.15, -0.1) is 0 Å². The maximum Gasteiger partial charge on any atom is -1.00 e. The van der Waals surface area contributed by atoms with Gasteiger partial charge in [-0.25, -0.2) is 0 Å². The van der Waals surface area contributed by atoms with Crippen LogP contribution < -0.4 is 24.8 Å². The van der Waals surface area contributed by atoms with Gasteiger partial charge < -0.3 is 24.8 Å². The fourth-order valence-corrected chi connectivity index (χ4v) is 9.64. The molecule has 0 heterocycles. The van der Waals surface area contributed by atoms with E-state index in [0.717, 1.165) is 25.7 Å². The second-order valence-corrected chi connectivity index (χ2v) is 12.7. The molecule has 2 atom stereocenters. The van der Waals surface area contributed by atoms with Gasteiger partial charge in [0.05, 0.1) is 0 Å². The first-order valence-electron chi connectivity index (χ1n) is 10.5. The van der Waals surface area contributed by atoms with Crippen LogP contribution in [0.2, 0.25) is 0 Å². The summed E-state index contributed by atoms with van der Waals surface area (Å²) in [6, 6.07) is 18.0. The van der Waals surface area contributed by atoms with Gasteiger partial charge in [-0.05, 0) is 0 Å². The van der Waals surface area contributed by atoms with E-state index in [9.17, 15) is 0 Å². The van der Waals surface area contributed by atoms with Crippen molar-refractivity contribution < 1.29 is 48.0 Å². The van der Waals surface area contributed by atoms with Gasteiger partial charge in [-0.3, -0.25) is 0 Å². The molecule has 0 amide bonds. The van der Waals surface area contributed by atoms with Gasteiger partial charge in [0.2, 0.25) is 0 Å². The van der Waals surface area contributed by atoms with Crippen LogP contribution >= 0.6 is 24.4 Å². The van der Waals surface area contributed by atoms with Crippen molar-refractivity contribution in [2.24, 2.45) is 0 Å². The molecular weight excluding hydrogens is 539 g/mol. The summed E-state index contributed by atoms with van der Waals surface area (Å²) < 4.78 is 1.21. The van der Waals surface area contributed by atoms with Gasteiger partial charge in [0, 0.05) is 0 Å². The van der Waals surface area contributed by atoms with Gasteiger partial charge in [0.1, 0.15) is 0 Å². The molecule has 0 aromatic heterocycles. The molecule has 2 aliphatic rings. The van der Waals surface area contributed by atoms with E-state index in [1.165, 1.54) is 32.0 Å². The smallest absolute Gasteiger partial charge is 1.00 e. The predicted octanol–water partition coefficient (Wildman–Crippen LogP) is 1.69. The van der Waals surface area contributed by atoms with Crippen LogP contribution in [-0.2, 0) is 23.2 Å². The Morgan fingerprint density at radius 2 is 1.10 bits per heavy atom. The number of thiocarbonyl (C=S) groups is 2. The SMILES string of the molecule is CCC(=S)CC1=Cc2ccccc2[CH]1[Zr+2][CH]1C(CC(=S)CC)=Cc2ccccc21.[Cl-].[Cl-]. The first-order valence-corrected chi connectivity index (χ1v) is 14.1. The molecule has 0 N–H and O–H groups in total. The van der Waals surface area contributed by atoms with E-state index < -0.39 is 23.2 Å². The Kier molecular flexibility index (Phi) is 10.5. The van der Waals surface area contributed by atoms with Crippen molar-refractivity contribution in [3.63, 3.8) is 0 Å². The quantitative estimate of drug-likeness (QED) is 0.448. The van der Waals surface area contributed by atoms with Crippen molar-refractivity contribution in [1.82, 2.24) is 0 Å². The third kappa shape index (κ3) is 5.93. The predicted molar refractivity (Wildman–Crippen MR) is 129 cm³/mol. The van der Waals surface area contributed by atoms with E-state index in [-0.39, 0.29) is 24.8 Å². The van der Waals surface area contributed by atoms with Crippen LogP contribution in [0, 0.1) is 0 Å². The number of allylic oxidation sites excluding steroid dienone is 2. The van der Waals surface area contributed by atoms with Gasteiger partial charge in [0.25, 0.3) is 0 Å². The Bertz CT molecular complexity index is 944. The molecule has 2 unspecified atom stereocenters. The van der Waals surface area contributed by atoms with Crippen molar-refractivity contribution in [2.45, 2.75) is 46.8 Å². The van der Waals surface area contributed by atoms with E-state index in [0.29, 0.717) is 7.25 Å². The molecule has 2 aliphatic carbocycles. The summed E-state index contributed by atoms with van der Waals surface area (Å²) in [4.78, 5) is 2.37. The van der Waals surface area contributed by atoms with Gasteiger partial charge in [-0.2, -0.15) is 0 Å². The monoisotopic (exact) mass is 562 g/mol. The molecule has 0 aliphatic heterocycles. The minimum absolute atomic E-state index is 0. The van der Waals surface area contributed by atoms with Crippen molar-refractivity contribution >= 4 is 46.3 Å². The van der Waals surface area contributed by atoms with E-state index in [1.54, 1.807) is 11.1 Å². The second-order valence-electron chi connectivity index (χ2n) is 7.87. The molecule has 0 fully saturated rings. The molecule has 31 heavy (non-hydrogen) atoms. The fourth-order valence-electron chi connectivity index (χ4n) is 4.35. The normalized spacial score (nSPS) is 17.9. The summed E-state index contributed by atoms with van der Waals surface area (Å²) in [5, 5.41) is 0. The molecule has 0 radical (unpaired) electrons. The Hall–Kier alpha value is -0.437. The number of halogens is 2. The van der Waals surface area contributed by atoms with Crippen molar-refractivity contribution in [1.29, 1.82) is 0 Å². The van der Waals surface area contributed by atoms with Crippen LogP contribution in [0.3, 0.4) is 0 Å². The third-order valence-electron chi connectivity index (χ3n) is 5.96. The topological polar surface area (TPSA) is 0 Å². The Labute approximate surface area is 221 Å². The molecule has 0 spiro atoms. The maximum absolute atomic E-state index is 5.65. The molecule has 160 valence electrons. The average Bonchev–Trinajstić information content (AvgIpc) is 3.26. The first-order chi connectivity index (χ1) is 14.1. The zero-order valence-corrected chi connectivity index (χ0v) is 23.4. The third-order valence-corrected chi connectivity index (χ3v) is 11.8. The van der Waals surface area contributed by atoms with E-state index >= 15 is 0 Å². The summed E-state index contributed by atoms with van der Waals surface area (Å²) in [6.07, 6.45) is 8.80. The maximum atomic E-state index is 5.65. The number of fused-ring (bicyclic) bond motifs is 2. The first kappa shape index (κ1) is 26.8. The van der Waals surface area contributed by atoms with E-state index in [2.05, 4.69) is 74.5 Å². The summed E-state index contributed by atoms with van der Waals surface area (Å²) in [5.41, 5.74) is 9.02. The van der Waals surface area contributed by atoms with Gasteiger partial charge in [0.15, 0.2) is 0 Å². The molecule has 2 aromatic carbocycles. The van der Waals surface area contributed by atoms with Crippen molar-refractivity contribution in [3.05, 3.63) is 81.9 Å². The summed E-state index contributed by atoms with van der Waals surface area (Å²) in [7, 11) is 0. The van der Waals surface area contributed by atoms with E-state index in [1.807, 2.05) is 0 Å². The number of benzene rings is 2. The largest absolute Gasteiger partial charge is 1.00 e. The second kappa shape index (κ2) is 12.1.